The lowest BCUT2D eigenvalue weighted by Gasteiger charge is -2.24. The van der Waals surface area contributed by atoms with Crippen LogP contribution in [-0.4, -0.2) is 37.2 Å². The van der Waals surface area contributed by atoms with Gasteiger partial charge in [-0.3, -0.25) is 9.98 Å². The number of rotatable bonds is 6. The number of hydrogen-bond acceptors (Lipinski definition) is 3. The predicted octanol–water partition coefficient (Wildman–Crippen LogP) is 3.46. The standard InChI is InChI=1S/C19H26N4O.HI/c1-19(2,24-4)14-23-18(20-3)22-13-15-8-7-9-16(12-15)17-10-5-6-11-21-17;/h5-12H,13-14H2,1-4H3,(H2,20,22,23);1H. The first-order valence-electron chi connectivity index (χ1n) is 8.04. The molecule has 0 bridgehead atoms. The van der Waals surface area contributed by atoms with Gasteiger partial charge in [0.2, 0.25) is 0 Å². The highest BCUT2D eigenvalue weighted by Gasteiger charge is 2.16. The Morgan fingerprint density at radius 2 is 1.96 bits per heavy atom. The number of halogens is 1. The minimum absolute atomic E-state index is 0. The minimum Gasteiger partial charge on any atom is -0.377 e. The average Bonchev–Trinajstić information content (AvgIpc) is 2.63. The molecule has 0 radical (unpaired) electrons. The Bertz CT molecular complexity index is 674. The van der Waals surface area contributed by atoms with E-state index in [1.807, 2.05) is 44.3 Å². The van der Waals surface area contributed by atoms with Crippen LogP contribution in [0.1, 0.15) is 19.4 Å². The highest BCUT2D eigenvalue weighted by Crippen LogP contribution is 2.17. The minimum atomic E-state index is -0.240. The number of pyridine rings is 1. The van der Waals surface area contributed by atoms with Gasteiger partial charge in [0.15, 0.2) is 5.96 Å². The van der Waals surface area contributed by atoms with Gasteiger partial charge in [0.25, 0.3) is 0 Å². The van der Waals surface area contributed by atoms with E-state index in [1.54, 1.807) is 14.2 Å². The van der Waals surface area contributed by atoms with Gasteiger partial charge in [-0.25, -0.2) is 0 Å². The maximum Gasteiger partial charge on any atom is 0.191 e. The number of methoxy groups -OCH3 is 1. The fourth-order valence-electron chi connectivity index (χ4n) is 2.15. The first-order chi connectivity index (χ1) is 11.5. The summed E-state index contributed by atoms with van der Waals surface area (Å²) < 4.78 is 5.41. The highest BCUT2D eigenvalue weighted by atomic mass is 127. The summed E-state index contributed by atoms with van der Waals surface area (Å²) in [5, 5.41) is 6.60. The smallest absolute Gasteiger partial charge is 0.191 e. The van der Waals surface area contributed by atoms with Gasteiger partial charge in [-0.1, -0.05) is 24.3 Å². The lowest BCUT2D eigenvalue weighted by atomic mass is 10.1. The molecule has 5 nitrogen and oxygen atoms in total. The van der Waals surface area contributed by atoms with Gasteiger partial charge in [0.05, 0.1) is 11.3 Å². The summed E-state index contributed by atoms with van der Waals surface area (Å²) in [6.45, 7) is 5.43. The zero-order valence-electron chi connectivity index (χ0n) is 15.2. The normalized spacial score (nSPS) is 11.6. The monoisotopic (exact) mass is 454 g/mol. The average molecular weight is 454 g/mol. The van der Waals surface area contributed by atoms with E-state index >= 15 is 0 Å². The molecule has 25 heavy (non-hydrogen) atoms. The SMILES string of the molecule is CN=C(NCc1cccc(-c2ccccn2)c1)NCC(C)(C)OC.I. The molecule has 0 aliphatic rings. The van der Waals surface area contributed by atoms with Crippen molar-refractivity contribution >= 4 is 29.9 Å². The summed E-state index contributed by atoms with van der Waals surface area (Å²) in [5.74, 6) is 0.753. The van der Waals surface area contributed by atoms with E-state index in [9.17, 15) is 0 Å². The number of aromatic nitrogens is 1. The number of aliphatic imine (C=N–C) groups is 1. The Balaban J connectivity index is 0.00000312. The third kappa shape index (κ3) is 6.99. The van der Waals surface area contributed by atoms with Crippen LogP contribution in [-0.2, 0) is 11.3 Å². The van der Waals surface area contributed by atoms with Crippen LogP contribution in [0, 0.1) is 0 Å². The molecule has 2 aromatic rings. The molecule has 0 saturated heterocycles. The fraction of sp³-hybridized carbons (Fsp3) is 0.368. The number of nitrogens with zero attached hydrogens (tertiary/aromatic N) is 2. The lowest BCUT2D eigenvalue weighted by molar-refractivity contribution is 0.0268. The zero-order chi connectivity index (χ0) is 17.4. The summed E-state index contributed by atoms with van der Waals surface area (Å²) in [5.41, 5.74) is 3.02. The molecule has 1 aromatic heterocycles. The van der Waals surface area contributed by atoms with Crippen molar-refractivity contribution in [3.8, 4) is 11.3 Å². The second kappa shape index (κ2) is 10.4. The van der Waals surface area contributed by atoms with Crippen LogP contribution >= 0.6 is 24.0 Å². The molecular weight excluding hydrogens is 427 g/mol. The van der Waals surface area contributed by atoms with Crippen molar-refractivity contribution in [2.24, 2.45) is 4.99 Å². The summed E-state index contributed by atoms with van der Waals surface area (Å²) in [7, 11) is 3.47. The van der Waals surface area contributed by atoms with Gasteiger partial charge < -0.3 is 15.4 Å². The number of benzene rings is 1. The Kier molecular flexibility index (Phi) is 8.85. The molecule has 0 saturated carbocycles. The molecule has 2 N–H and O–H groups in total. The highest BCUT2D eigenvalue weighted by molar-refractivity contribution is 14.0. The Morgan fingerprint density at radius 1 is 1.16 bits per heavy atom. The van der Waals surface area contributed by atoms with Gasteiger partial charge in [-0.2, -0.15) is 0 Å². The second-order valence-electron chi connectivity index (χ2n) is 6.16. The van der Waals surface area contributed by atoms with Crippen LogP contribution in [0.3, 0.4) is 0 Å². The summed E-state index contributed by atoms with van der Waals surface area (Å²) in [6, 6.07) is 14.3. The molecule has 0 unspecified atom stereocenters. The Labute approximate surface area is 167 Å². The van der Waals surface area contributed by atoms with E-state index in [2.05, 4.69) is 38.8 Å². The molecule has 1 aromatic carbocycles. The topological polar surface area (TPSA) is 58.5 Å². The van der Waals surface area contributed by atoms with Gasteiger partial charge in [-0.05, 0) is 37.6 Å². The number of guanidine groups is 1. The quantitative estimate of drug-likeness (QED) is 0.399. The van der Waals surface area contributed by atoms with Gasteiger partial charge in [0, 0.05) is 39.0 Å². The molecule has 0 fully saturated rings. The van der Waals surface area contributed by atoms with Crippen LogP contribution in [0.4, 0.5) is 0 Å². The van der Waals surface area contributed by atoms with E-state index < -0.39 is 0 Å². The molecule has 2 rings (SSSR count). The number of ether oxygens (including phenoxy) is 1. The van der Waals surface area contributed by atoms with Crippen molar-refractivity contribution in [2.75, 3.05) is 20.7 Å². The first kappa shape index (κ1) is 21.4. The Hall–Kier alpha value is -1.67. The van der Waals surface area contributed by atoms with Crippen LogP contribution < -0.4 is 10.6 Å². The Morgan fingerprint density at radius 3 is 2.60 bits per heavy atom. The number of nitrogens with one attached hydrogen (secondary N) is 2. The van der Waals surface area contributed by atoms with E-state index in [4.69, 9.17) is 4.74 Å². The second-order valence-corrected chi connectivity index (χ2v) is 6.16. The maximum absolute atomic E-state index is 5.41. The number of hydrogen-bond donors (Lipinski definition) is 2. The zero-order valence-corrected chi connectivity index (χ0v) is 17.6. The van der Waals surface area contributed by atoms with Crippen molar-refractivity contribution < 1.29 is 4.74 Å². The summed E-state index contributed by atoms with van der Waals surface area (Å²) in [6.07, 6.45) is 1.81. The molecular formula is C19H27IN4O. The molecule has 136 valence electrons. The van der Waals surface area contributed by atoms with E-state index in [0.717, 1.165) is 17.2 Å². The third-order valence-corrected chi connectivity index (χ3v) is 3.81. The van der Waals surface area contributed by atoms with Crippen molar-refractivity contribution in [3.63, 3.8) is 0 Å². The largest absolute Gasteiger partial charge is 0.377 e. The third-order valence-electron chi connectivity index (χ3n) is 3.81. The molecule has 0 amide bonds. The van der Waals surface area contributed by atoms with Gasteiger partial charge in [-0.15, -0.1) is 24.0 Å². The lowest BCUT2D eigenvalue weighted by Crippen LogP contribution is -2.45. The van der Waals surface area contributed by atoms with Crippen molar-refractivity contribution in [3.05, 3.63) is 54.2 Å². The molecule has 6 heteroatoms. The fourth-order valence-corrected chi connectivity index (χ4v) is 2.15. The molecule has 0 aliphatic carbocycles. The van der Waals surface area contributed by atoms with Crippen molar-refractivity contribution in [1.29, 1.82) is 0 Å². The summed E-state index contributed by atoms with van der Waals surface area (Å²) in [4.78, 5) is 8.64. The van der Waals surface area contributed by atoms with Crippen LogP contribution in [0.25, 0.3) is 11.3 Å². The van der Waals surface area contributed by atoms with Gasteiger partial charge >= 0.3 is 0 Å². The van der Waals surface area contributed by atoms with Crippen molar-refractivity contribution in [2.45, 2.75) is 26.0 Å². The van der Waals surface area contributed by atoms with Crippen LogP contribution in [0.2, 0.25) is 0 Å². The molecule has 1 heterocycles. The van der Waals surface area contributed by atoms with Crippen molar-refractivity contribution in [1.82, 2.24) is 15.6 Å². The molecule has 0 aliphatic heterocycles. The van der Waals surface area contributed by atoms with Crippen LogP contribution in [0.15, 0.2) is 53.7 Å². The maximum atomic E-state index is 5.41. The van der Waals surface area contributed by atoms with E-state index in [0.29, 0.717) is 13.1 Å². The van der Waals surface area contributed by atoms with E-state index in [-0.39, 0.29) is 29.6 Å². The van der Waals surface area contributed by atoms with E-state index in [1.165, 1.54) is 5.56 Å². The predicted molar refractivity (Wildman–Crippen MR) is 114 cm³/mol. The molecule has 0 spiro atoms. The van der Waals surface area contributed by atoms with Crippen LogP contribution in [0.5, 0.6) is 0 Å². The van der Waals surface area contributed by atoms with Gasteiger partial charge in [0.1, 0.15) is 0 Å². The summed E-state index contributed by atoms with van der Waals surface area (Å²) >= 11 is 0. The first-order valence-corrected chi connectivity index (χ1v) is 8.04. The molecule has 0 atom stereocenters.